The van der Waals surface area contributed by atoms with Gasteiger partial charge in [-0.15, -0.1) is 0 Å². The Hall–Kier alpha value is -2.57. The van der Waals surface area contributed by atoms with Gasteiger partial charge in [0.25, 0.3) is 0 Å². The van der Waals surface area contributed by atoms with Crippen LogP contribution in [0.3, 0.4) is 0 Å². The third-order valence-electron chi connectivity index (χ3n) is 3.86. The maximum absolute atomic E-state index is 12.8. The molecule has 2 N–H and O–H groups in total. The molecule has 0 radical (unpaired) electrons. The van der Waals surface area contributed by atoms with Gasteiger partial charge in [0.05, 0.1) is 13.2 Å². The third kappa shape index (κ3) is 8.13. The van der Waals surface area contributed by atoms with E-state index in [1.165, 1.54) is 0 Å². The van der Waals surface area contributed by atoms with Crippen molar-refractivity contribution < 1.29 is 19.1 Å². The summed E-state index contributed by atoms with van der Waals surface area (Å²) >= 11 is 6.02. The molecule has 1 atom stereocenters. The van der Waals surface area contributed by atoms with Crippen LogP contribution in [0.1, 0.15) is 31.9 Å². The summed E-state index contributed by atoms with van der Waals surface area (Å²) in [6.45, 7) is 7.42. The lowest BCUT2D eigenvalue weighted by atomic mass is 10.2. The van der Waals surface area contributed by atoms with Crippen LogP contribution in [0.2, 0.25) is 5.02 Å². The minimum Gasteiger partial charge on any atom is -0.444 e. The quantitative estimate of drug-likeness (QED) is 0.683. The van der Waals surface area contributed by atoms with Crippen molar-refractivity contribution in [2.45, 2.75) is 45.9 Å². The molecule has 0 aliphatic rings. The van der Waals surface area contributed by atoms with Gasteiger partial charge in [-0.05, 0) is 51.0 Å². The zero-order chi connectivity index (χ0) is 21.4. The number of hydrogen-bond acceptors (Lipinski definition) is 4. The monoisotopic (exact) mass is 418 g/mol. The van der Waals surface area contributed by atoms with Gasteiger partial charge in [-0.2, -0.15) is 0 Å². The summed E-state index contributed by atoms with van der Waals surface area (Å²) in [4.78, 5) is 25.0. The molecule has 0 bridgehead atoms. The maximum atomic E-state index is 12.8. The van der Waals surface area contributed by atoms with Gasteiger partial charge in [0.2, 0.25) is 5.91 Å². The molecule has 0 aliphatic carbocycles. The number of hydrogen-bond donors (Lipinski definition) is 2. The first-order valence-electron chi connectivity index (χ1n) is 9.32. The van der Waals surface area contributed by atoms with E-state index in [-0.39, 0.29) is 6.61 Å². The Morgan fingerprint density at radius 3 is 2.45 bits per heavy atom. The number of ether oxygens (including phenoxy) is 2. The minimum atomic E-state index is -0.938. The van der Waals surface area contributed by atoms with Crippen molar-refractivity contribution in [2.75, 3.05) is 11.9 Å². The van der Waals surface area contributed by atoms with Crippen molar-refractivity contribution in [2.24, 2.45) is 0 Å². The number of alkyl carbamates (subject to hydrolysis) is 1. The zero-order valence-corrected chi connectivity index (χ0v) is 17.9. The fraction of sp³-hybridized carbons (Fsp3) is 0.364. The van der Waals surface area contributed by atoms with Crippen molar-refractivity contribution >= 4 is 29.3 Å². The molecule has 0 heterocycles. The molecular weight excluding hydrogens is 392 g/mol. The molecule has 0 saturated carbocycles. The molecule has 0 aliphatic heterocycles. The number of aryl methyl sites for hydroxylation is 1. The molecular formula is C22H27ClN2O4. The molecule has 2 aromatic rings. The summed E-state index contributed by atoms with van der Waals surface area (Å²) in [6.07, 6.45) is -0.691. The van der Waals surface area contributed by atoms with Crippen LogP contribution in [-0.4, -0.2) is 30.3 Å². The lowest BCUT2D eigenvalue weighted by Crippen LogP contribution is -2.48. The number of benzene rings is 2. The molecule has 29 heavy (non-hydrogen) atoms. The molecule has 2 amide bonds. The van der Waals surface area contributed by atoms with E-state index in [0.29, 0.717) is 17.3 Å². The Balaban J connectivity index is 2.06. The molecule has 0 spiro atoms. The number of halogens is 1. The van der Waals surface area contributed by atoms with Gasteiger partial charge in [-0.25, -0.2) is 4.79 Å². The summed E-state index contributed by atoms with van der Waals surface area (Å²) < 4.78 is 10.9. The fourth-order valence-corrected chi connectivity index (χ4v) is 2.62. The van der Waals surface area contributed by atoms with E-state index in [2.05, 4.69) is 10.6 Å². The summed E-state index contributed by atoms with van der Waals surface area (Å²) in [5, 5.41) is 5.88. The van der Waals surface area contributed by atoms with E-state index in [0.717, 1.165) is 11.1 Å². The molecule has 2 rings (SSSR count). The van der Waals surface area contributed by atoms with Gasteiger partial charge in [0.1, 0.15) is 11.6 Å². The van der Waals surface area contributed by atoms with E-state index >= 15 is 0 Å². The first-order chi connectivity index (χ1) is 13.6. The topological polar surface area (TPSA) is 76.7 Å². The predicted octanol–water partition coefficient (Wildman–Crippen LogP) is 4.70. The summed E-state index contributed by atoms with van der Waals surface area (Å²) in [6, 6.07) is 13.8. The maximum Gasteiger partial charge on any atom is 0.408 e. The summed E-state index contributed by atoms with van der Waals surface area (Å²) in [7, 11) is 0. The molecule has 6 nitrogen and oxygen atoms in total. The predicted molar refractivity (Wildman–Crippen MR) is 114 cm³/mol. The Kier molecular flexibility index (Phi) is 8.05. The second-order valence-electron chi connectivity index (χ2n) is 7.65. The number of rotatable bonds is 7. The van der Waals surface area contributed by atoms with Gasteiger partial charge < -0.3 is 20.1 Å². The first kappa shape index (κ1) is 22.7. The van der Waals surface area contributed by atoms with E-state index in [9.17, 15) is 9.59 Å². The van der Waals surface area contributed by atoms with Crippen LogP contribution in [0.5, 0.6) is 0 Å². The number of anilines is 1. The van der Waals surface area contributed by atoms with Gasteiger partial charge in [-0.3, -0.25) is 4.79 Å². The van der Waals surface area contributed by atoms with Crippen LogP contribution >= 0.6 is 11.6 Å². The highest BCUT2D eigenvalue weighted by Crippen LogP contribution is 2.20. The highest BCUT2D eigenvalue weighted by molar-refractivity contribution is 6.31. The van der Waals surface area contributed by atoms with Gasteiger partial charge in [-0.1, -0.05) is 48.0 Å². The normalized spacial score (nSPS) is 12.2. The van der Waals surface area contributed by atoms with Crippen molar-refractivity contribution in [3.05, 3.63) is 64.7 Å². The van der Waals surface area contributed by atoms with Crippen LogP contribution in [0, 0.1) is 6.92 Å². The van der Waals surface area contributed by atoms with Crippen LogP contribution < -0.4 is 10.6 Å². The first-order valence-corrected chi connectivity index (χ1v) is 9.70. The van der Waals surface area contributed by atoms with E-state index in [4.69, 9.17) is 21.1 Å². The molecule has 7 heteroatoms. The highest BCUT2D eigenvalue weighted by Gasteiger charge is 2.25. The van der Waals surface area contributed by atoms with Crippen molar-refractivity contribution in [1.82, 2.24) is 5.32 Å². The van der Waals surface area contributed by atoms with Crippen LogP contribution in [0.4, 0.5) is 10.5 Å². The lowest BCUT2D eigenvalue weighted by Gasteiger charge is -2.23. The van der Waals surface area contributed by atoms with Crippen LogP contribution in [-0.2, 0) is 20.9 Å². The zero-order valence-electron chi connectivity index (χ0n) is 17.1. The standard InChI is InChI=1S/C22H27ClN2O4/c1-15-10-11-17(23)12-18(15)24-20(26)19(25-21(27)29-22(2,3)4)14-28-13-16-8-6-5-7-9-16/h5-12,19H,13-14H2,1-4H3,(H,24,26)(H,25,27). The summed E-state index contributed by atoms with van der Waals surface area (Å²) in [5.74, 6) is -0.422. The van der Waals surface area contributed by atoms with E-state index < -0.39 is 23.6 Å². The minimum absolute atomic E-state index is 0.0143. The molecule has 0 saturated heterocycles. The Labute approximate surface area is 176 Å². The third-order valence-corrected chi connectivity index (χ3v) is 4.10. The molecule has 1 unspecified atom stereocenters. The molecule has 2 aromatic carbocycles. The van der Waals surface area contributed by atoms with Gasteiger partial charge in [0, 0.05) is 10.7 Å². The second kappa shape index (κ2) is 10.3. The lowest BCUT2D eigenvalue weighted by molar-refractivity contribution is -0.119. The van der Waals surface area contributed by atoms with Crippen LogP contribution in [0.15, 0.2) is 48.5 Å². The number of amides is 2. The fourth-order valence-electron chi connectivity index (χ4n) is 2.45. The van der Waals surface area contributed by atoms with E-state index in [1.807, 2.05) is 37.3 Å². The summed E-state index contributed by atoms with van der Waals surface area (Å²) in [5.41, 5.74) is 1.71. The molecule has 156 valence electrons. The molecule has 0 fully saturated rings. The van der Waals surface area contributed by atoms with Crippen molar-refractivity contribution in [3.63, 3.8) is 0 Å². The Morgan fingerprint density at radius 2 is 1.79 bits per heavy atom. The van der Waals surface area contributed by atoms with Crippen molar-refractivity contribution in [1.29, 1.82) is 0 Å². The number of nitrogens with one attached hydrogen (secondary N) is 2. The van der Waals surface area contributed by atoms with Gasteiger partial charge in [0.15, 0.2) is 0 Å². The number of carbonyl (C=O) groups is 2. The van der Waals surface area contributed by atoms with E-state index in [1.54, 1.807) is 39.0 Å². The number of carbonyl (C=O) groups excluding carboxylic acids is 2. The Bertz CT molecular complexity index is 834. The SMILES string of the molecule is Cc1ccc(Cl)cc1NC(=O)C(COCc1ccccc1)NC(=O)OC(C)(C)C. The average Bonchev–Trinajstić information content (AvgIpc) is 2.63. The van der Waals surface area contributed by atoms with Crippen molar-refractivity contribution in [3.8, 4) is 0 Å². The second-order valence-corrected chi connectivity index (χ2v) is 8.08. The van der Waals surface area contributed by atoms with Crippen LogP contribution in [0.25, 0.3) is 0 Å². The van der Waals surface area contributed by atoms with Gasteiger partial charge >= 0.3 is 6.09 Å². The smallest absolute Gasteiger partial charge is 0.408 e. The molecule has 0 aromatic heterocycles. The largest absolute Gasteiger partial charge is 0.444 e. The highest BCUT2D eigenvalue weighted by atomic mass is 35.5. The Morgan fingerprint density at radius 1 is 1.10 bits per heavy atom. The average molecular weight is 419 g/mol.